The molecule has 3 rings (SSSR count). The van der Waals surface area contributed by atoms with Gasteiger partial charge in [0.2, 0.25) is 5.91 Å². The van der Waals surface area contributed by atoms with E-state index in [1.165, 1.54) is 4.90 Å². The smallest absolute Gasteiger partial charge is 0.285 e. The molecule has 2 amide bonds. The first-order valence-electron chi connectivity index (χ1n) is 7.78. The number of amides is 2. The molecule has 0 atom stereocenters. The van der Waals surface area contributed by atoms with Crippen molar-refractivity contribution in [1.29, 1.82) is 0 Å². The highest BCUT2D eigenvalue weighted by Gasteiger charge is 2.11. The predicted molar refractivity (Wildman–Crippen MR) is 109 cm³/mol. The fourth-order valence-corrected chi connectivity index (χ4v) is 4.36. The lowest BCUT2D eigenvalue weighted by Crippen LogP contribution is -2.16. The standard InChI is InChI=1S/C18H17N3O2S3/c1-21(2)18(23)26-14-7-5-12(6-8-14)19-16(22)10-13-11-25-17(20-13)15-4-3-9-24-15/h3-9,11H,10H2,1-2H3,(H,19,22). The van der Waals surface area contributed by atoms with Gasteiger partial charge in [0.1, 0.15) is 5.01 Å². The number of rotatable bonds is 5. The van der Waals surface area contributed by atoms with Crippen LogP contribution in [-0.2, 0) is 11.2 Å². The van der Waals surface area contributed by atoms with Crippen molar-refractivity contribution in [2.45, 2.75) is 11.3 Å². The number of aromatic nitrogens is 1. The first-order chi connectivity index (χ1) is 12.5. The van der Waals surface area contributed by atoms with Gasteiger partial charge in [-0.25, -0.2) is 4.98 Å². The zero-order chi connectivity index (χ0) is 18.5. The molecule has 0 aliphatic rings. The number of nitrogens with zero attached hydrogens (tertiary/aromatic N) is 2. The Morgan fingerprint density at radius 1 is 1.15 bits per heavy atom. The summed E-state index contributed by atoms with van der Waals surface area (Å²) in [6.45, 7) is 0. The fourth-order valence-electron chi connectivity index (χ4n) is 2.07. The third kappa shape index (κ3) is 4.94. The minimum absolute atomic E-state index is 0.0353. The van der Waals surface area contributed by atoms with Crippen molar-refractivity contribution in [3.63, 3.8) is 0 Å². The van der Waals surface area contributed by atoms with E-state index in [9.17, 15) is 9.59 Å². The number of nitrogens with one attached hydrogen (secondary N) is 1. The number of thiophene rings is 1. The first kappa shape index (κ1) is 18.6. The van der Waals surface area contributed by atoms with Gasteiger partial charge in [-0.15, -0.1) is 22.7 Å². The van der Waals surface area contributed by atoms with Crippen molar-refractivity contribution in [1.82, 2.24) is 9.88 Å². The molecule has 134 valence electrons. The Bertz CT molecular complexity index is 887. The molecular weight excluding hydrogens is 386 g/mol. The van der Waals surface area contributed by atoms with Crippen LogP contribution in [0.1, 0.15) is 5.69 Å². The lowest BCUT2D eigenvalue weighted by molar-refractivity contribution is -0.115. The van der Waals surface area contributed by atoms with Gasteiger partial charge in [0, 0.05) is 30.1 Å². The summed E-state index contributed by atoms with van der Waals surface area (Å²) in [6, 6.07) is 11.2. The first-order valence-corrected chi connectivity index (χ1v) is 10.4. The van der Waals surface area contributed by atoms with E-state index in [1.54, 1.807) is 48.9 Å². The van der Waals surface area contributed by atoms with Crippen LogP contribution in [0, 0.1) is 0 Å². The molecule has 0 aliphatic carbocycles. The van der Waals surface area contributed by atoms with Crippen LogP contribution in [-0.4, -0.2) is 35.1 Å². The third-order valence-corrected chi connectivity index (χ3v) is 6.31. The summed E-state index contributed by atoms with van der Waals surface area (Å²) in [7, 11) is 3.43. The average Bonchev–Trinajstić information content (AvgIpc) is 3.27. The van der Waals surface area contributed by atoms with Crippen molar-refractivity contribution in [2.75, 3.05) is 19.4 Å². The Balaban J connectivity index is 1.56. The molecule has 8 heteroatoms. The highest BCUT2D eigenvalue weighted by Crippen LogP contribution is 2.28. The molecule has 1 N–H and O–H groups in total. The molecule has 0 spiro atoms. The van der Waals surface area contributed by atoms with Crippen LogP contribution in [0.4, 0.5) is 10.5 Å². The number of carbonyl (C=O) groups excluding carboxylic acids is 2. The van der Waals surface area contributed by atoms with Crippen LogP contribution in [0.5, 0.6) is 0 Å². The Morgan fingerprint density at radius 2 is 1.92 bits per heavy atom. The Labute approximate surface area is 164 Å². The molecular formula is C18H17N3O2S3. The largest absolute Gasteiger partial charge is 0.339 e. The van der Waals surface area contributed by atoms with Crippen molar-refractivity contribution >= 4 is 51.3 Å². The number of hydrogen-bond donors (Lipinski definition) is 1. The molecule has 0 saturated heterocycles. The number of thioether (sulfide) groups is 1. The van der Waals surface area contributed by atoms with E-state index in [0.29, 0.717) is 5.69 Å². The van der Waals surface area contributed by atoms with Gasteiger partial charge in [-0.3, -0.25) is 9.59 Å². The molecule has 2 aromatic heterocycles. The Kier molecular flexibility index (Phi) is 6.08. The summed E-state index contributed by atoms with van der Waals surface area (Å²) in [5, 5.41) is 7.69. The van der Waals surface area contributed by atoms with Crippen molar-refractivity contribution in [3.8, 4) is 9.88 Å². The van der Waals surface area contributed by atoms with Crippen LogP contribution in [0.25, 0.3) is 9.88 Å². The summed E-state index contributed by atoms with van der Waals surface area (Å²) in [6.07, 6.45) is 0.234. The lowest BCUT2D eigenvalue weighted by atomic mass is 10.3. The van der Waals surface area contributed by atoms with Crippen molar-refractivity contribution in [2.24, 2.45) is 0 Å². The van der Waals surface area contributed by atoms with Gasteiger partial charge in [0.05, 0.1) is 17.0 Å². The highest BCUT2D eigenvalue weighted by atomic mass is 32.2. The number of thiazole rings is 1. The van der Waals surface area contributed by atoms with E-state index in [-0.39, 0.29) is 17.6 Å². The Morgan fingerprint density at radius 3 is 2.58 bits per heavy atom. The van der Waals surface area contributed by atoms with Crippen LogP contribution in [0.15, 0.2) is 52.1 Å². The second-order valence-corrected chi connectivity index (χ2v) is 8.46. The topological polar surface area (TPSA) is 62.3 Å². The van der Waals surface area contributed by atoms with Crippen molar-refractivity contribution < 1.29 is 9.59 Å². The second kappa shape index (κ2) is 8.48. The summed E-state index contributed by atoms with van der Waals surface area (Å²) in [5.41, 5.74) is 1.46. The molecule has 0 fully saturated rings. The zero-order valence-corrected chi connectivity index (χ0v) is 16.7. The number of benzene rings is 1. The van der Waals surface area contributed by atoms with E-state index >= 15 is 0 Å². The number of anilines is 1. The third-order valence-electron chi connectivity index (χ3n) is 3.33. The summed E-state index contributed by atoms with van der Waals surface area (Å²) < 4.78 is 0. The lowest BCUT2D eigenvalue weighted by Gasteiger charge is -2.09. The van der Waals surface area contributed by atoms with Crippen LogP contribution >= 0.6 is 34.4 Å². The van der Waals surface area contributed by atoms with Gasteiger partial charge in [0.15, 0.2) is 0 Å². The van der Waals surface area contributed by atoms with Crippen LogP contribution < -0.4 is 5.32 Å². The molecule has 26 heavy (non-hydrogen) atoms. The molecule has 0 aliphatic heterocycles. The monoisotopic (exact) mass is 403 g/mol. The minimum Gasteiger partial charge on any atom is -0.339 e. The maximum absolute atomic E-state index is 12.2. The van der Waals surface area contributed by atoms with E-state index < -0.39 is 0 Å². The molecule has 3 aromatic rings. The van der Waals surface area contributed by atoms with E-state index in [0.717, 1.165) is 32.2 Å². The maximum Gasteiger partial charge on any atom is 0.285 e. The van der Waals surface area contributed by atoms with Gasteiger partial charge < -0.3 is 10.2 Å². The molecule has 1 aromatic carbocycles. The fraction of sp³-hybridized carbons (Fsp3) is 0.167. The SMILES string of the molecule is CN(C)C(=O)Sc1ccc(NC(=O)Cc2csc(-c3cccs3)n2)cc1. The van der Waals surface area contributed by atoms with Gasteiger partial charge in [-0.1, -0.05) is 6.07 Å². The van der Waals surface area contributed by atoms with E-state index in [4.69, 9.17) is 0 Å². The maximum atomic E-state index is 12.2. The molecule has 0 unspecified atom stereocenters. The normalized spacial score (nSPS) is 10.5. The minimum atomic E-state index is -0.113. The summed E-state index contributed by atoms with van der Waals surface area (Å²) in [5.74, 6) is -0.113. The summed E-state index contributed by atoms with van der Waals surface area (Å²) in [4.78, 5) is 31.9. The average molecular weight is 404 g/mol. The Hall–Kier alpha value is -2.16. The van der Waals surface area contributed by atoms with Crippen LogP contribution in [0.3, 0.4) is 0 Å². The summed E-state index contributed by atoms with van der Waals surface area (Å²) >= 11 is 4.33. The number of hydrogen-bond acceptors (Lipinski definition) is 6. The van der Waals surface area contributed by atoms with Gasteiger partial charge >= 0.3 is 0 Å². The van der Waals surface area contributed by atoms with E-state index in [1.807, 2.05) is 35.0 Å². The predicted octanol–water partition coefficient (Wildman–Crippen LogP) is 4.83. The molecule has 5 nitrogen and oxygen atoms in total. The molecule has 0 saturated carbocycles. The van der Waals surface area contributed by atoms with E-state index in [2.05, 4.69) is 10.3 Å². The second-order valence-electron chi connectivity index (χ2n) is 5.63. The van der Waals surface area contributed by atoms with Gasteiger partial charge in [-0.05, 0) is 47.5 Å². The number of carbonyl (C=O) groups is 2. The molecule has 0 bridgehead atoms. The molecule has 0 radical (unpaired) electrons. The molecule has 2 heterocycles. The van der Waals surface area contributed by atoms with Crippen LogP contribution in [0.2, 0.25) is 0 Å². The zero-order valence-electron chi connectivity index (χ0n) is 14.3. The quantitative estimate of drug-likeness (QED) is 0.620. The van der Waals surface area contributed by atoms with Crippen molar-refractivity contribution in [3.05, 3.63) is 52.9 Å². The van der Waals surface area contributed by atoms with Gasteiger partial charge in [-0.2, -0.15) is 0 Å². The van der Waals surface area contributed by atoms with Gasteiger partial charge in [0.25, 0.3) is 5.24 Å². The highest BCUT2D eigenvalue weighted by molar-refractivity contribution is 8.13.